The number of hydrogen-bond donors (Lipinski definition) is 2. The van der Waals surface area contributed by atoms with E-state index in [1.165, 1.54) is 12.5 Å². The molecule has 2 aliphatic heterocycles. The van der Waals surface area contributed by atoms with Crippen LogP contribution in [0.15, 0.2) is 11.6 Å². The number of carbonyl (C=O) groups excluding carboxylic acids is 1. The van der Waals surface area contributed by atoms with Crippen molar-refractivity contribution < 1.29 is 28.9 Å². The first kappa shape index (κ1) is 39.2. The molecule has 3 N–H and O–H groups in total. The van der Waals surface area contributed by atoms with Crippen LogP contribution in [0.2, 0.25) is 0 Å². The molecule has 0 aromatic rings. The number of ether oxygens (including phenoxy) is 3. The fourth-order valence-electron chi connectivity index (χ4n) is 13.3. The Balaban J connectivity index is 1.29. The highest BCUT2D eigenvalue weighted by molar-refractivity contribution is 5.73. The summed E-state index contributed by atoms with van der Waals surface area (Å²) in [7, 11) is 0. The molecule has 2 bridgehead atoms. The van der Waals surface area contributed by atoms with Gasteiger partial charge < -0.3 is 30.0 Å². The van der Waals surface area contributed by atoms with E-state index in [0.717, 1.165) is 97.2 Å². The van der Waals surface area contributed by atoms with Crippen molar-refractivity contribution in [3.05, 3.63) is 11.6 Å². The van der Waals surface area contributed by atoms with E-state index in [1.54, 1.807) is 0 Å². The predicted octanol–water partition coefficient (Wildman–Crippen LogP) is 6.25. The van der Waals surface area contributed by atoms with Gasteiger partial charge in [-0.15, -0.1) is 0 Å². The minimum atomic E-state index is -0.626. The Morgan fingerprint density at radius 2 is 1.69 bits per heavy atom. The summed E-state index contributed by atoms with van der Waals surface area (Å²) in [4.78, 5) is 31.2. The third-order valence-corrected chi connectivity index (χ3v) is 16.6. The number of aliphatic carboxylic acids is 1. The smallest absolute Gasteiger partial charge is 0.307 e. The number of esters is 1. The Morgan fingerprint density at radius 3 is 2.31 bits per heavy atom. The summed E-state index contributed by atoms with van der Waals surface area (Å²) >= 11 is 0. The largest absolute Gasteiger partial charge is 0.481 e. The van der Waals surface area contributed by atoms with Gasteiger partial charge in [0.05, 0.1) is 19.1 Å². The Hall–Kier alpha value is -1.52. The van der Waals surface area contributed by atoms with Crippen LogP contribution in [-0.2, 0) is 23.8 Å². The predicted molar refractivity (Wildman–Crippen MR) is 200 cm³/mol. The van der Waals surface area contributed by atoms with Gasteiger partial charge in [0.1, 0.15) is 12.2 Å². The number of rotatable bonds is 11. The Kier molecular flexibility index (Phi) is 11.2. The lowest BCUT2D eigenvalue weighted by Gasteiger charge is -2.70. The normalized spacial score (nSPS) is 43.6. The van der Waals surface area contributed by atoms with E-state index in [1.807, 2.05) is 0 Å². The van der Waals surface area contributed by atoms with Gasteiger partial charge in [0.2, 0.25) is 0 Å². The van der Waals surface area contributed by atoms with Crippen LogP contribution in [0.3, 0.4) is 0 Å². The van der Waals surface area contributed by atoms with E-state index in [2.05, 4.69) is 64.3 Å². The molecule has 290 valence electrons. The van der Waals surface area contributed by atoms with Crippen molar-refractivity contribution in [1.29, 1.82) is 0 Å². The lowest BCUT2D eigenvalue weighted by molar-refractivity contribution is -0.223. The molecule has 2 saturated heterocycles. The number of carboxylic acid groups (broad SMARTS) is 1. The van der Waals surface area contributed by atoms with E-state index in [0.29, 0.717) is 43.5 Å². The summed E-state index contributed by atoms with van der Waals surface area (Å²) in [5.74, 6) is 0.0840. The molecule has 3 saturated carbocycles. The highest BCUT2D eigenvalue weighted by Gasteiger charge is 2.71. The van der Waals surface area contributed by atoms with Crippen LogP contribution < -0.4 is 5.73 Å². The van der Waals surface area contributed by atoms with E-state index in [4.69, 9.17) is 19.9 Å². The Labute approximate surface area is 308 Å². The van der Waals surface area contributed by atoms with E-state index in [-0.39, 0.29) is 45.3 Å². The van der Waals surface area contributed by atoms with Gasteiger partial charge >= 0.3 is 11.9 Å². The van der Waals surface area contributed by atoms with Crippen LogP contribution in [0.5, 0.6) is 0 Å². The Morgan fingerprint density at radius 1 is 1.00 bits per heavy atom. The number of nitrogens with zero attached hydrogens (tertiary/aromatic N) is 2. The molecule has 0 radical (unpaired) electrons. The maximum absolute atomic E-state index is 13.5. The number of hydrogen-bond acceptors (Lipinski definition) is 8. The van der Waals surface area contributed by atoms with Gasteiger partial charge in [0.25, 0.3) is 0 Å². The molecule has 6 rings (SSSR count). The van der Waals surface area contributed by atoms with Gasteiger partial charge in [-0.3, -0.25) is 14.5 Å². The van der Waals surface area contributed by atoms with Gasteiger partial charge in [0.15, 0.2) is 0 Å². The minimum absolute atomic E-state index is 0.141. The molecular formula is C42H71N3O6. The van der Waals surface area contributed by atoms with Crippen LogP contribution in [-0.4, -0.2) is 105 Å². The van der Waals surface area contributed by atoms with Crippen molar-refractivity contribution in [1.82, 2.24) is 9.80 Å². The summed E-state index contributed by atoms with van der Waals surface area (Å²) in [6.07, 6.45) is 9.48. The second kappa shape index (κ2) is 14.6. The first-order chi connectivity index (χ1) is 24.1. The monoisotopic (exact) mass is 714 g/mol. The lowest BCUT2D eigenvalue weighted by Crippen LogP contribution is -2.67. The van der Waals surface area contributed by atoms with Crippen molar-refractivity contribution >= 4 is 11.9 Å². The Bertz CT molecular complexity index is 1320. The van der Waals surface area contributed by atoms with Crippen LogP contribution in [0.25, 0.3) is 0 Å². The van der Waals surface area contributed by atoms with Gasteiger partial charge in [-0.25, -0.2) is 0 Å². The fraction of sp³-hybridized carbons (Fsp3) is 0.905. The zero-order valence-electron chi connectivity index (χ0n) is 33.3. The standard InChI is InChI=1S/C42H71N3O6/c1-28(2)29(3)38(5)14-15-40(7)31-10-11-34-39(6)27-49-24-16-42(34,32(31)12-13-41(40,8)35(38)37(47)48)26-33(51-30(4)46)36(39)50-25-23-45-21-19-44(20-22-45)18-9-17-43/h12,28-29,31,33-36H,9-11,13-27,43H2,1-8H3,(H,47,48)/t29-,31+,33-,34?,35-,36+,38-,39-,40-,41+,42-/m1/s1. The van der Waals surface area contributed by atoms with Gasteiger partial charge in [0, 0.05) is 57.1 Å². The topological polar surface area (TPSA) is 115 Å². The summed E-state index contributed by atoms with van der Waals surface area (Å²) in [5, 5.41) is 11.1. The van der Waals surface area contributed by atoms with Crippen LogP contribution in [0, 0.1) is 56.7 Å². The summed E-state index contributed by atoms with van der Waals surface area (Å²) in [5.41, 5.74) is 6.01. The number of nitrogens with two attached hydrogens (primary N) is 1. The van der Waals surface area contributed by atoms with E-state index >= 15 is 0 Å². The third kappa shape index (κ3) is 6.44. The van der Waals surface area contributed by atoms with Crippen molar-refractivity contribution in [3.63, 3.8) is 0 Å². The highest BCUT2D eigenvalue weighted by Crippen LogP contribution is 2.75. The minimum Gasteiger partial charge on any atom is -0.481 e. The molecule has 51 heavy (non-hydrogen) atoms. The van der Waals surface area contributed by atoms with E-state index in [9.17, 15) is 14.7 Å². The molecule has 0 aromatic heterocycles. The van der Waals surface area contributed by atoms with Gasteiger partial charge in [-0.05, 0) is 104 Å². The molecule has 1 unspecified atom stereocenters. The zero-order valence-corrected chi connectivity index (χ0v) is 33.3. The van der Waals surface area contributed by atoms with Crippen molar-refractivity contribution in [3.8, 4) is 0 Å². The lowest BCUT2D eigenvalue weighted by atomic mass is 9.34. The number of fused-ring (bicyclic) bond motifs is 3. The molecule has 0 aromatic carbocycles. The number of allylic oxidation sites excluding steroid dienone is 2. The third-order valence-electron chi connectivity index (χ3n) is 16.6. The van der Waals surface area contributed by atoms with Crippen molar-refractivity contribution in [2.24, 2.45) is 62.4 Å². The van der Waals surface area contributed by atoms with Crippen molar-refractivity contribution in [2.45, 2.75) is 119 Å². The average molecular weight is 714 g/mol. The number of piperazine rings is 1. The zero-order chi connectivity index (χ0) is 37.0. The maximum Gasteiger partial charge on any atom is 0.307 e. The molecule has 11 atom stereocenters. The first-order valence-corrected chi connectivity index (χ1v) is 20.5. The quantitative estimate of drug-likeness (QED) is 0.190. The molecule has 0 amide bonds. The van der Waals surface area contributed by atoms with E-state index < -0.39 is 11.9 Å². The molecule has 9 heteroatoms. The van der Waals surface area contributed by atoms with Gasteiger partial charge in [-0.1, -0.05) is 60.1 Å². The molecule has 9 nitrogen and oxygen atoms in total. The molecule has 0 spiro atoms. The molecule has 6 aliphatic rings. The summed E-state index contributed by atoms with van der Waals surface area (Å²) in [6.45, 7) is 26.5. The second-order valence-corrected chi connectivity index (χ2v) is 19.1. The second-order valence-electron chi connectivity index (χ2n) is 19.1. The maximum atomic E-state index is 13.5. The van der Waals surface area contributed by atoms with Crippen LogP contribution in [0.1, 0.15) is 107 Å². The first-order valence-electron chi connectivity index (χ1n) is 20.5. The fourth-order valence-corrected chi connectivity index (χ4v) is 13.3. The van der Waals surface area contributed by atoms with Crippen LogP contribution >= 0.6 is 0 Å². The number of carboxylic acids is 1. The SMILES string of the molecule is CC(=O)O[C@@H]1C[C@@]23CCOC[C@](C)(C2CC[C@H]2C3=CC[C@@]3(C)[C@H](C(=O)O)[C@@](C)([C@H](C)C(C)C)CC[C@]23C)[C@H]1OCCN1CCN(CCCN)CC1. The summed E-state index contributed by atoms with van der Waals surface area (Å²) in [6, 6.07) is 0. The molecule has 4 aliphatic carbocycles. The molecule has 2 heterocycles. The molecular weight excluding hydrogens is 642 g/mol. The van der Waals surface area contributed by atoms with Crippen molar-refractivity contribution in [2.75, 3.05) is 65.6 Å². The summed E-state index contributed by atoms with van der Waals surface area (Å²) < 4.78 is 19.8. The highest BCUT2D eigenvalue weighted by atomic mass is 16.6. The van der Waals surface area contributed by atoms with Crippen LogP contribution in [0.4, 0.5) is 0 Å². The number of carbonyl (C=O) groups is 2. The van der Waals surface area contributed by atoms with Gasteiger partial charge in [-0.2, -0.15) is 0 Å². The average Bonchev–Trinajstić information content (AvgIpc) is 3.18. The molecule has 5 fully saturated rings.